The molecule has 0 saturated heterocycles. The summed E-state index contributed by atoms with van der Waals surface area (Å²) in [5.41, 5.74) is 3.18. The summed E-state index contributed by atoms with van der Waals surface area (Å²) in [6.45, 7) is 0. The average Bonchev–Trinajstić information content (AvgIpc) is 3.11. The lowest BCUT2D eigenvalue weighted by Crippen LogP contribution is -2.30. The summed E-state index contributed by atoms with van der Waals surface area (Å²) in [4.78, 5) is 15.3. The van der Waals surface area contributed by atoms with Gasteiger partial charge in [-0.1, -0.05) is 6.07 Å². The van der Waals surface area contributed by atoms with Gasteiger partial charge in [0, 0.05) is 18.5 Å². The SMILES string of the molecule is COc1ccc([C@H]2C=C(Nc3ccc(I)cc3)C(=O)N2c2ccc(I)cc2)cc1OC. The Hall–Kier alpha value is -2.27. The summed E-state index contributed by atoms with van der Waals surface area (Å²) in [7, 11) is 3.22. The fraction of sp³-hybridized carbons (Fsp3) is 0.125. The molecule has 1 aliphatic heterocycles. The number of amides is 1. The highest BCUT2D eigenvalue weighted by Gasteiger charge is 2.35. The number of carbonyl (C=O) groups is 1. The molecular weight excluding hydrogens is 618 g/mol. The Bertz CT molecular complexity index is 1130. The van der Waals surface area contributed by atoms with Crippen LogP contribution in [0.1, 0.15) is 11.6 Å². The van der Waals surface area contributed by atoms with Gasteiger partial charge in [0.2, 0.25) is 0 Å². The Morgan fingerprint density at radius 2 is 1.45 bits per heavy atom. The minimum Gasteiger partial charge on any atom is -0.493 e. The molecule has 3 aromatic rings. The number of anilines is 2. The molecule has 0 bridgehead atoms. The highest BCUT2D eigenvalue weighted by atomic mass is 127. The van der Waals surface area contributed by atoms with Gasteiger partial charge in [0.15, 0.2) is 11.5 Å². The topological polar surface area (TPSA) is 50.8 Å². The minimum atomic E-state index is -0.279. The van der Waals surface area contributed by atoms with E-state index in [2.05, 4.69) is 50.5 Å². The van der Waals surface area contributed by atoms with Crippen molar-refractivity contribution < 1.29 is 14.3 Å². The first-order chi connectivity index (χ1) is 15.0. The molecule has 0 radical (unpaired) electrons. The van der Waals surface area contributed by atoms with Crippen LogP contribution in [0.15, 0.2) is 78.5 Å². The zero-order valence-electron chi connectivity index (χ0n) is 16.9. The number of halogens is 2. The maximum Gasteiger partial charge on any atom is 0.275 e. The molecule has 1 N–H and O–H groups in total. The smallest absolute Gasteiger partial charge is 0.275 e. The van der Waals surface area contributed by atoms with Crippen LogP contribution in [0.5, 0.6) is 11.5 Å². The predicted octanol–water partition coefficient (Wildman–Crippen LogP) is 6.00. The Kier molecular flexibility index (Phi) is 6.71. The van der Waals surface area contributed by atoms with Gasteiger partial charge >= 0.3 is 0 Å². The monoisotopic (exact) mass is 638 g/mol. The summed E-state index contributed by atoms with van der Waals surface area (Å²) in [5.74, 6) is 1.19. The molecule has 31 heavy (non-hydrogen) atoms. The second-order valence-corrected chi connectivity index (χ2v) is 9.41. The lowest BCUT2D eigenvalue weighted by molar-refractivity contribution is -0.114. The van der Waals surface area contributed by atoms with Crippen LogP contribution in [0.3, 0.4) is 0 Å². The molecule has 1 aliphatic rings. The summed E-state index contributed by atoms with van der Waals surface area (Å²) < 4.78 is 13.1. The molecule has 0 aromatic heterocycles. The van der Waals surface area contributed by atoms with Crippen molar-refractivity contribution in [2.45, 2.75) is 6.04 Å². The van der Waals surface area contributed by atoms with Gasteiger partial charge in [0.1, 0.15) is 5.70 Å². The van der Waals surface area contributed by atoms with Crippen LogP contribution < -0.4 is 19.7 Å². The Balaban J connectivity index is 1.75. The number of methoxy groups -OCH3 is 2. The highest BCUT2D eigenvalue weighted by molar-refractivity contribution is 14.1. The molecule has 5 nitrogen and oxygen atoms in total. The third-order valence-corrected chi connectivity index (χ3v) is 6.47. The molecule has 0 saturated carbocycles. The number of rotatable bonds is 6. The van der Waals surface area contributed by atoms with Crippen LogP contribution in [0.25, 0.3) is 0 Å². The molecule has 0 fully saturated rings. The van der Waals surface area contributed by atoms with Crippen molar-refractivity contribution in [1.82, 2.24) is 0 Å². The maximum atomic E-state index is 13.5. The van der Waals surface area contributed by atoms with E-state index in [1.54, 1.807) is 19.1 Å². The van der Waals surface area contributed by atoms with Gasteiger partial charge in [-0.05, 0) is 117 Å². The fourth-order valence-electron chi connectivity index (χ4n) is 3.51. The summed E-state index contributed by atoms with van der Waals surface area (Å²) in [6, 6.07) is 21.3. The van der Waals surface area contributed by atoms with Crippen LogP contribution >= 0.6 is 45.2 Å². The van der Waals surface area contributed by atoms with Crippen LogP contribution in [0, 0.1) is 7.14 Å². The molecule has 0 spiro atoms. The predicted molar refractivity (Wildman–Crippen MR) is 140 cm³/mol. The van der Waals surface area contributed by atoms with E-state index in [1.807, 2.05) is 72.8 Å². The maximum absolute atomic E-state index is 13.5. The molecule has 1 amide bonds. The van der Waals surface area contributed by atoms with Gasteiger partial charge < -0.3 is 14.8 Å². The van der Waals surface area contributed by atoms with Crippen molar-refractivity contribution in [3.05, 3.63) is 91.2 Å². The molecule has 7 heteroatoms. The third-order valence-electron chi connectivity index (χ3n) is 5.03. The average molecular weight is 638 g/mol. The standard InChI is InChI=1S/C24H20I2N2O3/c1-30-22-12-3-15(13-23(22)31-2)21-14-20(27-18-8-4-16(25)5-9-18)24(29)28(21)19-10-6-17(26)7-11-19/h3-14,21,27H,1-2H3/t21-/m1/s1. The number of hydrogen-bond acceptors (Lipinski definition) is 4. The third kappa shape index (κ3) is 4.67. The van der Waals surface area contributed by atoms with E-state index in [4.69, 9.17) is 9.47 Å². The lowest BCUT2D eigenvalue weighted by Gasteiger charge is -2.26. The number of nitrogens with zero attached hydrogens (tertiary/aromatic N) is 1. The number of ether oxygens (including phenoxy) is 2. The van der Waals surface area contributed by atoms with Crippen LogP contribution in [-0.4, -0.2) is 20.1 Å². The first-order valence-corrected chi connectivity index (χ1v) is 11.7. The fourth-order valence-corrected chi connectivity index (χ4v) is 4.22. The second-order valence-electron chi connectivity index (χ2n) is 6.92. The first kappa shape index (κ1) is 21.9. The van der Waals surface area contributed by atoms with Crippen molar-refractivity contribution in [3.63, 3.8) is 0 Å². The van der Waals surface area contributed by atoms with E-state index in [1.165, 1.54) is 0 Å². The van der Waals surface area contributed by atoms with Gasteiger partial charge in [-0.2, -0.15) is 0 Å². The van der Waals surface area contributed by atoms with Crippen LogP contribution in [-0.2, 0) is 4.79 Å². The highest BCUT2D eigenvalue weighted by Crippen LogP contribution is 2.39. The van der Waals surface area contributed by atoms with Crippen molar-refractivity contribution in [3.8, 4) is 11.5 Å². The Morgan fingerprint density at radius 1 is 0.839 bits per heavy atom. The number of nitrogens with one attached hydrogen (secondary N) is 1. The normalized spacial score (nSPS) is 15.6. The zero-order chi connectivity index (χ0) is 22.0. The summed E-state index contributed by atoms with van der Waals surface area (Å²) >= 11 is 4.52. The number of hydrogen-bond donors (Lipinski definition) is 1. The number of carbonyl (C=O) groups excluding carboxylic acids is 1. The van der Waals surface area contributed by atoms with Crippen LogP contribution in [0.4, 0.5) is 11.4 Å². The van der Waals surface area contributed by atoms with Gasteiger partial charge in [0.05, 0.1) is 20.3 Å². The molecule has 1 heterocycles. The van der Waals surface area contributed by atoms with Crippen molar-refractivity contribution >= 4 is 62.5 Å². The van der Waals surface area contributed by atoms with Gasteiger partial charge in [-0.3, -0.25) is 9.69 Å². The van der Waals surface area contributed by atoms with E-state index in [9.17, 15) is 4.79 Å². The molecule has 0 aliphatic carbocycles. The van der Waals surface area contributed by atoms with Gasteiger partial charge in [-0.15, -0.1) is 0 Å². The van der Waals surface area contributed by atoms with Gasteiger partial charge in [-0.25, -0.2) is 0 Å². The van der Waals surface area contributed by atoms with Crippen LogP contribution in [0.2, 0.25) is 0 Å². The lowest BCUT2D eigenvalue weighted by atomic mass is 10.1. The van der Waals surface area contributed by atoms with E-state index >= 15 is 0 Å². The second kappa shape index (κ2) is 9.47. The first-order valence-electron chi connectivity index (χ1n) is 9.55. The molecule has 158 valence electrons. The Morgan fingerprint density at radius 3 is 2.06 bits per heavy atom. The molecule has 0 unspecified atom stereocenters. The molecule has 1 atom stereocenters. The summed E-state index contributed by atoms with van der Waals surface area (Å²) in [6.07, 6.45) is 1.96. The van der Waals surface area contributed by atoms with E-state index < -0.39 is 0 Å². The van der Waals surface area contributed by atoms with Crippen molar-refractivity contribution in [2.75, 3.05) is 24.4 Å². The zero-order valence-corrected chi connectivity index (χ0v) is 21.2. The molecule has 3 aromatic carbocycles. The van der Waals surface area contributed by atoms with Crippen molar-refractivity contribution in [2.24, 2.45) is 0 Å². The molecule has 4 rings (SSSR count). The largest absolute Gasteiger partial charge is 0.493 e. The summed E-state index contributed by atoms with van der Waals surface area (Å²) in [5, 5.41) is 3.29. The van der Waals surface area contributed by atoms with E-state index in [-0.39, 0.29) is 11.9 Å². The minimum absolute atomic E-state index is 0.0838. The van der Waals surface area contributed by atoms with E-state index in [0.29, 0.717) is 17.2 Å². The quantitative estimate of drug-likeness (QED) is 0.337. The molecular formula is C24H20I2N2O3. The Labute approximate surface area is 208 Å². The van der Waals surface area contributed by atoms with Gasteiger partial charge in [0.25, 0.3) is 5.91 Å². The van der Waals surface area contributed by atoms with E-state index in [0.717, 1.165) is 24.1 Å². The van der Waals surface area contributed by atoms with Crippen molar-refractivity contribution in [1.29, 1.82) is 0 Å². The number of benzene rings is 3.